The molecule has 0 amide bonds. The summed E-state index contributed by atoms with van der Waals surface area (Å²) in [6.07, 6.45) is 33.1. The van der Waals surface area contributed by atoms with E-state index >= 15 is 0 Å². The van der Waals surface area contributed by atoms with Crippen molar-refractivity contribution in [2.75, 3.05) is 7.11 Å². The molecule has 0 saturated heterocycles. The van der Waals surface area contributed by atoms with Gasteiger partial charge in [-0.1, -0.05) is 62.0 Å². The number of ketones is 2. The van der Waals surface area contributed by atoms with Gasteiger partial charge in [-0.05, 0) is 175 Å². The molecule has 1 aromatic heterocycles. The number of carbonyl (C=O) groups excluding carboxylic acids is 2. The van der Waals surface area contributed by atoms with E-state index in [2.05, 4.69) is 62.3 Å². The van der Waals surface area contributed by atoms with Crippen LogP contribution in [0.25, 0.3) is 0 Å². The van der Waals surface area contributed by atoms with E-state index < -0.39 is 0 Å². The van der Waals surface area contributed by atoms with Gasteiger partial charge in [0.05, 0.1) is 19.1 Å². The Morgan fingerprint density at radius 3 is 2.45 bits per heavy atom. The summed E-state index contributed by atoms with van der Waals surface area (Å²) in [5.74, 6) is 4.19. The number of nitrogens with zero attached hydrogens (tertiary/aromatic N) is 2. The molecule has 5 aliphatic rings. The predicted molar refractivity (Wildman–Crippen MR) is 218 cm³/mol. The van der Waals surface area contributed by atoms with Crippen LogP contribution < -0.4 is 0 Å². The maximum atomic E-state index is 14.0. The maximum Gasteiger partial charge on any atom is 0.183 e. The highest BCUT2D eigenvalue weighted by Crippen LogP contribution is 2.42. The molecule has 0 N–H and O–H groups in total. The Morgan fingerprint density at radius 2 is 1.77 bits per heavy atom. The van der Waals surface area contributed by atoms with E-state index in [9.17, 15) is 9.59 Å². The highest BCUT2D eigenvalue weighted by atomic mass is 16.5. The van der Waals surface area contributed by atoms with E-state index in [4.69, 9.17) is 9.73 Å². The van der Waals surface area contributed by atoms with Crippen LogP contribution in [0, 0.1) is 48.3 Å². The lowest BCUT2D eigenvalue weighted by Gasteiger charge is -2.37. The molecule has 1 fully saturated rings. The number of aryl methyl sites for hydroxylation is 1. The fourth-order valence-corrected chi connectivity index (χ4v) is 10.3. The molecule has 7 atom stereocenters. The van der Waals surface area contributed by atoms with E-state index in [0.717, 1.165) is 81.1 Å². The zero-order valence-corrected chi connectivity index (χ0v) is 33.7. The van der Waals surface area contributed by atoms with Gasteiger partial charge in [0.25, 0.3) is 0 Å². The van der Waals surface area contributed by atoms with Crippen molar-refractivity contribution in [2.45, 2.75) is 143 Å². The molecule has 0 radical (unpaired) electrons. The Morgan fingerprint density at radius 1 is 0.962 bits per heavy atom. The van der Waals surface area contributed by atoms with Crippen LogP contribution in [0.1, 0.15) is 135 Å². The largest absolute Gasteiger partial charge is 0.497 e. The summed E-state index contributed by atoms with van der Waals surface area (Å²) >= 11 is 0. The van der Waals surface area contributed by atoms with Crippen molar-refractivity contribution in [1.29, 1.82) is 0 Å². The number of methoxy groups -OCH3 is 1. The third-order valence-corrected chi connectivity index (χ3v) is 14.0. The maximum absolute atomic E-state index is 14.0. The van der Waals surface area contributed by atoms with Crippen molar-refractivity contribution in [1.82, 2.24) is 4.98 Å². The second-order valence-corrected chi connectivity index (χ2v) is 17.3. The van der Waals surface area contributed by atoms with Gasteiger partial charge in [-0.15, -0.1) is 0 Å². The summed E-state index contributed by atoms with van der Waals surface area (Å²) in [5, 5.41) is 0. The first kappa shape index (κ1) is 39.4. The first-order valence-electron chi connectivity index (χ1n) is 21.2. The zero-order valence-electron chi connectivity index (χ0n) is 33.7. The first-order valence-corrected chi connectivity index (χ1v) is 21.2. The van der Waals surface area contributed by atoms with Crippen molar-refractivity contribution in [3.8, 4) is 0 Å². The summed E-state index contributed by atoms with van der Waals surface area (Å²) in [5.41, 5.74) is 8.40. The lowest BCUT2D eigenvalue weighted by molar-refractivity contribution is -0.119. The van der Waals surface area contributed by atoms with Crippen molar-refractivity contribution in [3.05, 3.63) is 88.0 Å². The molecular formula is C48H66N2O3. The minimum Gasteiger partial charge on any atom is -0.497 e. The minimum atomic E-state index is -0.235. The van der Waals surface area contributed by atoms with Crippen LogP contribution >= 0.6 is 0 Å². The topological polar surface area (TPSA) is 68.6 Å². The molecule has 7 unspecified atom stereocenters. The van der Waals surface area contributed by atoms with Gasteiger partial charge in [0.1, 0.15) is 11.5 Å². The minimum absolute atomic E-state index is 0.108. The summed E-state index contributed by atoms with van der Waals surface area (Å²) in [6, 6.07) is 1.98. The molecule has 0 aromatic carbocycles. The molecule has 53 heavy (non-hydrogen) atoms. The van der Waals surface area contributed by atoms with Gasteiger partial charge < -0.3 is 4.74 Å². The van der Waals surface area contributed by atoms with E-state index in [0.29, 0.717) is 35.3 Å². The molecule has 286 valence electrons. The predicted octanol–water partition coefficient (Wildman–Crippen LogP) is 11.4. The Hall–Kier alpha value is -3.34. The molecule has 5 heteroatoms. The van der Waals surface area contributed by atoms with E-state index in [-0.39, 0.29) is 29.4 Å². The highest BCUT2D eigenvalue weighted by molar-refractivity contribution is 6.45. The molecule has 5 nitrogen and oxygen atoms in total. The average molecular weight is 719 g/mol. The number of Topliss-reactive ketones (excluding diaryl/α,β-unsaturated/α-hetero) is 2. The Balaban J connectivity index is 1.06. The number of rotatable bonds is 14. The summed E-state index contributed by atoms with van der Waals surface area (Å²) < 4.78 is 5.55. The molecule has 6 rings (SSSR count). The molecule has 0 bridgehead atoms. The standard InChI is InChI=1S/C48H66N2O3/c1-31(16-17-38-22-25-43(38)48(52)46-33(3)28-45(50-35(46)5)47(51)40-14-8-7-9-15-40)36-12-10-11-13-37(19-18-36)34(4)44(29-41-30-49-27-26-32(41)2)39-20-23-42(53-6)24-21-39/h12,20,23-24,26-28,30-31,34-35,37,39-40,44,46H,7-11,13-19,21-22,25,29H2,1-6H3/b36-12+. The molecule has 1 saturated carbocycles. The monoisotopic (exact) mass is 719 g/mol. The fourth-order valence-electron chi connectivity index (χ4n) is 10.3. The number of hydrogen-bond donors (Lipinski definition) is 0. The van der Waals surface area contributed by atoms with Gasteiger partial charge in [0.2, 0.25) is 0 Å². The Bertz CT molecular complexity index is 1670. The Kier molecular flexibility index (Phi) is 13.6. The quantitative estimate of drug-likeness (QED) is 0.180. The molecule has 0 spiro atoms. The van der Waals surface area contributed by atoms with Crippen molar-refractivity contribution in [2.24, 2.45) is 46.4 Å². The molecule has 1 aromatic rings. The van der Waals surface area contributed by atoms with Crippen LogP contribution in [-0.4, -0.2) is 35.4 Å². The summed E-state index contributed by atoms with van der Waals surface area (Å²) in [6.45, 7) is 11.3. The number of aromatic nitrogens is 1. The van der Waals surface area contributed by atoms with Gasteiger partial charge in [-0.25, -0.2) is 0 Å². The number of aliphatic imine (C=N–C) groups is 1. The number of allylic oxidation sites excluding steroid dienone is 8. The molecule has 1 aliphatic heterocycles. The van der Waals surface area contributed by atoms with Crippen LogP contribution in [0.5, 0.6) is 0 Å². The lowest BCUT2D eigenvalue weighted by atomic mass is 9.68. The first-order chi connectivity index (χ1) is 25.6. The van der Waals surface area contributed by atoms with Crippen molar-refractivity contribution in [3.63, 3.8) is 0 Å². The van der Waals surface area contributed by atoms with E-state index in [1.54, 1.807) is 12.7 Å². The molecule has 4 aliphatic carbocycles. The highest BCUT2D eigenvalue weighted by Gasteiger charge is 2.37. The lowest BCUT2D eigenvalue weighted by Crippen LogP contribution is -2.36. The number of pyridine rings is 1. The molecular weight excluding hydrogens is 653 g/mol. The normalized spacial score (nSPS) is 28.2. The number of carbonyl (C=O) groups is 2. The average Bonchev–Trinajstić information content (AvgIpc) is 3.13. The van der Waals surface area contributed by atoms with Gasteiger partial charge in [-0.3, -0.25) is 19.6 Å². The zero-order chi connectivity index (χ0) is 37.5. The van der Waals surface area contributed by atoms with E-state index in [1.807, 2.05) is 26.1 Å². The molecule has 2 heterocycles. The fraction of sp³-hybridized carbons (Fsp3) is 0.625. The van der Waals surface area contributed by atoms with Gasteiger partial charge >= 0.3 is 0 Å². The van der Waals surface area contributed by atoms with Crippen LogP contribution in [0.15, 0.2) is 81.9 Å². The third kappa shape index (κ3) is 9.49. The second-order valence-electron chi connectivity index (χ2n) is 17.3. The SMILES string of the molecule is COC1=CCC(C(Cc2cnccc2C)C(C)C2CCC/C=C(/C(C)CCC3=C(C(=O)C4C(C)=CC(C(=O)C5CCCCC5)=NC4C)CC3)CC2)C=C1. The third-order valence-electron chi connectivity index (χ3n) is 14.0. The summed E-state index contributed by atoms with van der Waals surface area (Å²) in [4.78, 5) is 36.6. The van der Waals surface area contributed by atoms with Gasteiger partial charge in [0, 0.05) is 18.3 Å². The smallest absolute Gasteiger partial charge is 0.183 e. The van der Waals surface area contributed by atoms with Gasteiger partial charge in [0.15, 0.2) is 11.6 Å². The number of hydrogen-bond acceptors (Lipinski definition) is 5. The van der Waals surface area contributed by atoms with Crippen molar-refractivity contribution < 1.29 is 14.3 Å². The second kappa shape index (κ2) is 18.3. The van der Waals surface area contributed by atoms with Crippen LogP contribution in [-0.2, 0) is 20.7 Å². The van der Waals surface area contributed by atoms with E-state index in [1.165, 1.54) is 55.2 Å². The van der Waals surface area contributed by atoms with Crippen LogP contribution in [0.2, 0.25) is 0 Å². The van der Waals surface area contributed by atoms with Crippen LogP contribution in [0.4, 0.5) is 0 Å². The Labute approximate surface area is 320 Å². The summed E-state index contributed by atoms with van der Waals surface area (Å²) in [7, 11) is 1.77. The van der Waals surface area contributed by atoms with Crippen molar-refractivity contribution >= 4 is 17.3 Å². The number of ether oxygens (including phenoxy) is 1. The van der Waals surface area contributed by atoms with Gasteiger partial charge in [-0.2, -0.15) is 0 Å². The number of dihydropyridines is 1. The van der Waals surface area contributed by atoms with Crippen LogP contribution in [0.3, 0.4) is 0 Å².